The minimum absolute atomic E-state index is 0.325. The van der Waals surface area contributed by atoms with Crippen LogP contribution in [0.5, 0.6) is 5.75 Å². The van der Waals surface area contributed by atoms with Crippen molar-refractivity contribution in [3.8, 4) is 5.75 Å². The summed E-state index contributed by atoms with van der Waals surface area (Å²) >= 11 is 0. The third-order valence-electron chi connectivity index (χ3n) is 1.42. The maximum absolute atomic E-state index is 8.98. The minimum atomic E-state index is 0.325. The molecular formula is C9H12BO. The number of phenols is 1. The summed E-state index contributed by atoms with van der Waals surface area (Å²) in [4.78, 5) is 0. The van der Waals surface area contributed by atoms with E-state index in [-0.39, 0.29) is 0 Å². The van der Waals surface area contributed by atoms with E-state index in [0.717, 1.165) is 5.46 Å². The maximum Gasteiger partial charge on any atom is 0.154 e. The molecule has 0 amide bonds. The average Bonchev–Trinajstić information content (AvgIpc) is 1.93. The van der Waals surface area contributed by atoms with Crippen LogP contribution in [-0.4, -0.2) is 12.4 Å². The van der Waals surface area contributed by atoms with Crippen molar-refractivity contribution in [1.29, 1.82) is 0 Å². The minimum Gasteiger partial charge on any atom is -0.508 e. The molecule has 0 heterocycles. The molecule has 0 aromatic heterocycles. The molecule has 0 saturated heterocycles. The molecule has 1 radical (unpaired) electrons. The number of hydrogen-bond acceptors (Lipinski definition) is 1. The van der Waals surface area contributed by atoms with Gasteiger partial charge in [0.15, 0.2) is 7.28 Å². The molecule has 2 heteroatoms. The standard InChI is InChI=1S/C9H12BO/c1-7(2)10-8-3-5-9(11)6-4-8/h3-7,11H,1-2H3. The van der Waals surface area contributed by atoms with Crippen LogP contribution in [0.4, 0.5) is 0 Å². The van der Waals surface area contributed by atoms with E-state index in [2.05, 4.69) is 21.1 Å². The van der Waals surface area contributed by atoms with Crippen LogP contribution in [0.3, 0.4) is 0 Å². The summed E-state index contributed by atoms with van der Waals surface area (Å²) in [5, 5.41) is 8.98. The Kier molecular flexibility index (Phi) is 2.58. The van der Waals surface area contributed by atoms with E-state index in [1.54, 1.807) is 12.1 Å². The highest BCUT2D eigenvalue weighted by Crippen LogP contribution is 2.04. The van der Waals surface area contributed by atoms with Gasteiger partial charge < -0.3 is 5.11 Å². The van der Waals surface area contributed by atoms with Crippen LogP contribution < -0.4 is 5.46 Å². The van der Waals surface area contributed by atoms with E-state index in [0.29, 0.717) is 11.6 Å². The topological polar surface area (TPSA) is 20.2 Å². The zero-order valence-electron chi connectivity index (χ0n) is 6.91. The molecule has 0 aliphatic heterocycles. The van der Waals surface area contributed by atoms with Crippen molar-refractivity contribution in [1.82, 2.24) is 0 Å². The lowest BCUT2D eigenvalue weighted by molar-refractivity contribution is 0.475. The number of rotatable bonds is 2. The van der Waals surface area contributed by atoms with Crippen LogP contribution >= 0.6 is 0 Å². The van der Waals surface area contributed by atoms with Crippen molar-refractivity contribution in [2.75, 3.05) is 0 Å². The third-order valence-corrected chi connectivity index (χ3v) is 1.42. The second-order valence-corrected chi connectivity index (χ2v) is 3.00. The van der Waals surface area contributed by atoms with Crippen LogP contribution in [0.15, 0.2) is 24.3 Å². The van der Waals surface area contributed by atoms with Crippen molar-refractivity contribution in [2.24, 2.45) is 0 Å². The van der Waals surface area contributed by atoms with Gasteiger partial charge in [-0.15, -0.1) is 0 Å². The molecule has 1 nitrogen and oxygen atoms in total. The van der Waals surface area contributed by atoms with Crippen molar-refractivity contribution in [3.63, 3.8) is 0 Å². The Bertz CT molecular complexity index is 216. The summed E-state index contributed by atoms with van der Waals surface area (Å²) in [6.45, 7) is 4.26. The Balaban J connectivity index is 2.66. The highest BCUT2D eigenvalue weighted by Gasteiger charge is 1.98. The monoisotopic (exact) mass is 147 g/mol. The molecule has 0 aliphatic carbocycles. The van der Waals surface area contributed by atoms with E-state index in [9.17, 15) is 0 Å². The van der Waals surface area contributed by atoms with Gasteiger partial charge in [-0.05, 0) is 12.1 Å². The SMILES string of the molecule is CC(C)[B]c1ccc(O)cc1. The van der Waals surface area contributed by atoms with Gasteiger partial charge in [-0.25, -0.2) is 0 Å². The predicted octanol–water partition coefficient (Wildman–Crippen LogP) is 1.55. The number of hydrogen-bond donors (Lipinski definition) is 1. The largest absolute Gasteiger partial charge is 0.508 e. The first-order valence-electron chi connectivity index (χ1n) is 3.82. The normalized spacial score (nSPS) is 10.1. The number of phenolic OH excluding ortho intramolecular Hbond substituents is 1. The maximum atomic E-state index is 8.98. The van der Waals surface area contributed by atoms with Crippen LogP contribution in [0.1, 0.15) is 13.8 Å². The molecule has 0 spiro atoms. The number of aromatic hydroxyl groups is 1. The van der Waals surface area contributed by atoms with E-state index in [1.807, 2.05) is 12.1 Å². The highest BCUT2D eigenvalue weighted by molar-refractivity contribution is 6.54. The van der Waals surface area contributed by atoms with Gasteiger partial charge in [0.1, 0.15) is 5.75 Å². The van der Waals surface area contributed by atoms with Gasteiger partial charge in [0.2, 0.25) is 0 Å². The molecule has 0 atom stereocenters. The molecule has 1 aromatic carbocycles. The molecule has 1 aromatic rings. The smallest absolute Gasteiger partial charge is 0.154 e. The first-order valence-corrected chi connectivity index (χ1v) is 3.82. The second-order valence-electron chi connectivity index (χ2n) is 3.00. The van der Waals surface area contributed by atoms with Gasteiger partial charge in [0.25, 0.3) is 0 Å². The van der Waals surface area contributed by atoms with Gasteiger partial charge in [-0.2, -0.15) is 0 Å². The predicted molar refractivity (Wildman–Crippen MR) is 48.6 cm³/mol. The van der Waals surface area contributed by atoms with Crippen molar-refractivity contribution >= 4 is 12.7 Å². The van der Waals surface area contributed by atoms with Gasteiger partial charge in [0, 0.05) is 0 Å². The first-order chi connectivity index (χ1) is 5.18. The lowest BCUT2D eigenvalue weighted by Gasteiger charge is -2.01. The zero-order valence-corrected chi connectivity index (χ0v) is 6.91. The van der Waals surface area contributed by atoms with Crippen LogP contribution in [0, 0.1) is 0 Å². The Labute approximate surface area is 68.3 Å². The molecule has 57 valence electrons. The van der Waals surface area contributed by atoms with E-state index < -0.39 is 0 Å². The van der Waals surface area contributed by atoms with Crippen LogP contribution in [0.2, 0.25) is 5.82 Å². The van der Waals surface area contributed by atoms with Gasteiger partial charge >= 0.3 is 0 Å². The van der Waals surface area contributed by atoms with Gasteiger partial charge in [0.05, 0.1) is 0 Å². The Morgan fingerprint density at radius 2 is 1.73 bits per heavy atom. The van der Waals surface area contributed by atoms with Crippen molar-refractivity contribution in [3.05, 3.63) is 24.3 Å². The van der Waals surface area contributed by atoms with Crippen molar-refractivity contribution < 1.29 is 5.11 Å². The highest BCUT2D eigenvalue weighted by atomic mass is 16.3. The van der Waals surface area contributed by atoms with E-state index >= 15 is 0 Å². The molecule has 0 saturated carbocycles. The quantitative estimate of drug-likeness (QED) is 0.629. The van der Waals surface area contributed by atoms with Gasteiger partial charge in [-0.3, -0.25) is 0 Å². The van der Waals surface area contributed by atoms with Crippen LogP contribution in [0.25, 0.3) is 0 Å². The lowest BCUT2D eigenvalue weighted by Crippen LogP contribution is -2.15. The lowest BCUT2D eigenvalue weighted by atomic mass is 9.61. The van der Waals surface area contributed by atoms with E-state index in [4.69, 9.17) is 5.11 Å². The molecule has 0 unspecified atom stereocenters. The number of benzene rings is 1. The molecule has 1 rings (SSSR count). The molecule has 0 bridgehead atoms. The zero-order chi connectivity index (χ0) is 8.27. The molecular weight excluding hydrogens is 135 g/mol. The fraction of sp³-hybridized carbons (Fsp3) is 0.333. The summed E-state index contributed by atoms with van der Waals surface area (Å²) in [7, 11) is 2.15. The van der Waals surface area contributed by atoms with E-state index in [1.165, 1.54) is 0 Å². The van der Waals surface area contributed by atoms with Crippen LogP contribution in [-0.2, 0) is 0 Å². The molecule has 11 heavy (non-hydrogen) atoms. The third kappa shape index (κ3) is 2.66. The fourth-order valence-electron chi connectivity index (χ4n) is 0.970. The summed E-state index contributed by atoms with van der Waals surface area (Å²) in [6, 6.07) is 7.23. The fourth-order valence-corrected chi connectivity index (χ4v) is 0.970. The van der Waals surface area contributed by atoms with Gasteiger partial charge in [-0.1, -0.05) is 37.3 Å². The average molecular weight is 147 g/mol. The Morgan fingerprint density at radius 1 is 1.18 bits per heavy atom. The van der Waals surface area contributed by atoms with Crippen molar-refractivity contribution in [2.45, 2.75) is 19.7 Å². The first kappa shape index (κ1) is 8.18. The Morgan fingerprint density at radius 3 is 2.18 bits per heavy atom. The summed E-state index contributed by atoms with van der Waals surface area (Å²) < 4.78 is 0. The molecule has 0 fully saturated rings. The second kappa shape index (κ2) is 3.47. The summed E-state index contributed by atoms with van der Waals surface area (Å²) in [5.74, 6) is 0.880. The molecule has 0 aliphatic rings. The Hall–Kier alpha value is -0.915. The summed E-state index contributed by atoms with van der Waals surface area (Å²) in [5.41, 5.74) is 1.16. The summed E-state index contributed by atoms with van der Waals surface area (Å²) in [6.07, 6.45) is 0. The molecule has 1 N–H and O–H groups in total.